The van der Waals surface area contributed by atoms with Crippen LogP contribution in [-0.2, 0) is 4.74 Å². The number of rotatable bonds is 5. The smallest absolute Gasteiger partial charge is 0.337 e. The van der Waals surface area contributed by atoms with Crippen molar-refractivity contribution in [2.45, 2.75) is 11.8 Å². The second-order valence-corrected chi connectivity index (χ2v) is 7.48. The summed E-state index contributed by atoms with van der Waals surface area (Å²) in [5.74, 6) is 0.350. The van der Waals surface area contributed by atoms with Gasteiger partial charge in [-0.1, -0.05) is 24.3 Å². The van der Waals surface area contributed by atoms with Crippen molar-refractivity contribution >= 4 is 50.3 Å². The van der Waals surface area contributed by atoms with Crippen LogP contribution in [0.15, 0.2) is 47.4 Å². The largest absolute Gasteiger partial charge is 0.465 e. The molecule has 1 N–H and O–H groups in total. The van der Waals surface area contributed by atoms with E-state index in [0.717, 1.165) is 20.9 Å². The number of thioether (sulfide) groups is 1. The van der Waals surface area contributed by atoms with Crippen LogP contribution in [0.1, 0.15) is 27.6 Å². The van der Waals surface area contributed by atoms with Gasteiger partial charge in [-0.15, -0.1) is 11.8 Å². The Hall–Kier alpha value is -2.38. The highest BCUT2D eigenvalue weighted by molar-refractivity contribution is 7.99. The highest BCUT2D eigenvalue weighted by Crippen LogP contribution is 2.28. The number of nitrogens with one attached hydrogen (secondary N) is 1. The Labute approximate surface area is 153 Å². The van der Waals surface area contributed by atoms with E-state index < -0.39 is 5.97 Å². The van der Waals surface area contributed by atoms with E-state index >= 15 is 0 Å². The van der Waals surface area contributed by atoms with Gasteiger partial charge in [-0.25, -0.2) is 9.78 Å². The molecule has 128 valence electrons. The van der Waals surface area contributed by atoms with Crippen LogP contribution < -0.4 is 5.32 Å². The number of methoxy groups -OCH3 is 1. The van der Waals surface area contributed by atoms with E-state index in [-0.39, 0.29) is 5.91 Å². The molecule has 1 amide bonds. The Morgan fingerprint density at radius 3 is 2.80 bits per heavy atom. The van der Waals surface area contributed by atoms with Crippen LogP contribution in [0.5, 0.6) is 0 Å². The maximum absolute atomic E-state index is 12.4. The van der Waals surface area contributed by atoms with Gasteiger partial charge >= 0.3 is 5.97 Å². The van der Waals surface area contributed by atoms with E-state index in [1.807, 2.05) is 18.2 Å². The van der Waals surface area contributed by atoms with Crippen LogP contribution in [0.2, 0.25) is 0 Å². The molecule has 3 aromatic rings. The quantitative estimate of drug-likeness (QED) is 0.529. The molecule has 0 atom stereocenters. The van der Waals surface area contributed by atoms with Crippen molar-refractivity contribution in [3.8, 4) is 0 Å². The normalized spacial score (nSPS) is 10.6. The molecule has 0 aliphatic carbocycles. The molecule has 0 saturated heterocycles. The Morgan fingerprint density at radius 1 is 1.20 bits per heavy atom. The molecule has 1 heterocycles. The number of carbonyl (C=O) groups is 2. The van der Waals surface area contributed by atoms with E-state index in [2.05, 4.69) is 17.2 Å². The highest BCUT2D eigenvalue weighted by atomic mass is 32.2. The first-order valence-corrected chi connectivity index (χ1v) is 9.44. The molecule has 1 aromatic heterocycles. The molecule has 0 unspecified atom stereocenters. The van der Waals surface area contributed by atoms with Crippen molar-refractivity contribution in [1.82, 2.24) is 4.98 Å². The summed E-state index contributed by atoms with van der Waals surface area (Å²) in [6.07, 6.45) is 0. The molecule has 5 nitrogen and oxygen atoms in total. The highest BCUT2D eigenvalue weighted by Gasteiger charge is 2.12. The molecule has 2 aromatic carbocycles. The van der Waals surface area contributed by atoms with Gasteiger partial charge in [0.25, 0.3) is 5.91 Å². The zero-order valence-electron chi connectivity index (χ0n) is 13.7. The van der Waals surface area contributed by atoms with Crippen molar-refractivity contribution in [3.05, 3.63) is 53.6 Å². The molecule has 0 spiro atoms. The second-order valence-electron chi connectivity index (χ2n) is 5.11. The first kappa shape index (κ1) is 17.4. The van der Waals surface area contributed by atoms with Crippen molar-refractivity contribution < 1.29 is 14.3 Å². The van der Waals surface area contributed by atoms with Gasteiger partial charge in [0.05, 0.1) is 22.9 Å². The maximum atomic E-state index is 12.4. The number of benzene rings is 2. The number of amides is 1. The minimum Gasteiger partial charge on any atom is -0.465 e. The lowest BCUT2D eigenvalue weighted by Gasteiger charge is -2.04. The predicted octanol–water partition coefficient (Wildman–Crippen LogP) is 4.45. The van der Waals surface area contributed by atoms with E-state index in [1.165, 1.54) is 18.4 Å². The van der Waals surface area contributed by atoms with Crippen LogP contribution in [0, 0.1) is 0 Å². The monoisotopic (exact) mass is 372 g/mol. The first-order chi connectivity index (χ1) is 12.1. The zero-order valence-corrected chi connectivity index (χ0v) is 15.4. The summed E-state index contributed by atoms with van der Waals surface area (Å²) in [6, 6.07) is 12.6. The third-order valence-corrected chi connectivity index (χ3v) is 5.25. The van der Waals surface area contributed by atoms with Gasteiger partial charge in [-0.3, -0.25) is 10.1 Å². The fourth-order valence-electron chi connectivity index (χ4n) is 2.29. The predicted molar refractivity (Wildman–Crippen MR) is 102 cm³/mol. The summed E-state index contributed by atoms with van der Waals surface area (Å²) in [6.45, 7) is 2.07. The first-order valence-electron chi connectivity index (χ1n) is 7.64. The molecule has 0 radical (unpaired) electrons. The summed E-state index contributed by atoms with van der Waals surface area (Å²) in [4.78, 5) is 29.5. The Morgan fingerprint density at radius 2 is 2.04 bits per heavy atom. The minimum absolute atomic E-state index is 0.203. The average Bonchev–Trinajstić information content (AvgIpc) is 3.02. The van der Waals surface area contributed by atoms with Crippen molar-refractivity contribution in [3.63, 3.8) is 0 Å². The minimum atomic E-state index is -0.397. The molecule has 0 bridgehead atoms. The van der Waals surface area contributed by atoms with E-state index in [9.17, 15) is 9.59 Å². The third-order valence-electron chi connectivity index (χ3n) is 3.44. The van der Waals surface area contributed by atoms with Crippen LogP contribution in [0.25, 0.3) is 10.2 Å². The third kappa shape index (κ3) is 4.00. The Balaban J connectivity index is 1.81. The second kappa shape index (κ2) is 7.67. The molecular formula is C18H16N2O3S2. The fraction of sp³-hybridized carbons (Fsp3) is 0.167. The summed E-state index contributed by atoms with van der Waals surface area (Å²) in [5, 5.41) is 3.32. The van der Waals surface area contributed by atoms with Crippen molar-refractivity contribution in [2.24, 2.45) is 0 Å². The number of ether oxygens (including phenoxy) is 1. The number of hydrogen-bond donors (Lipinski definition) is 1. The summed E-state index contributed by atoms with van der Waals surface area (Å²) >= 11 is 3.01. The number of esters is 1. The topological polar surface area (TPSA) is 68.3 Å². The SMILES string of the molecule is CCSc1cccc(C(=O)Nc2nc3ccc(C(=O)OC)cc3s2)c1. The molecule has 0 aliphatic rings. The number of hydrogen-bond acceptors (Lipinski definition) is 6. The molecule has 0 aliphatic heterocycles. The van der Waals surface area contributed by atoms with Gasteiger partial charge in [-0.2, -0.15) is 0 Å². The standard InChI is InChI=1S/C18H16N2O3S2/c1-3-24-13-6-4-5-11(9-13)16(21)20-18-19-14-8-7-12(17(22)23-2)10-15(14)25-18/h4-10H,3H2,1-2H3,(H,19,20,21). The van der Waals surface area contributed by atoms with E-state index in [4.69, 9.17) is 4.74 Å². The maximum Gasteiger partial charge on any atom is 0.337 e. The van der Waals surface area contributed by atoms with Crippen LogP contribution in [-0.4, -0.2) is 29.7 Å². The average molecular weight is 372 g/mol. The van der Waals surface area contributed by atoms with Crippen molar-refractivity contribution in [1.29, 1.82) is 0 Å². The number of carbonyl (C=O) groups excluding carboxylic acids is 2. The van der Waals surface area contributed by atoms with Gasteiger partial charge < -0.3 is 4.74 Å². The lowest BCUT2D eigenvalue weighted by atomic mass is 10.2. The van der Waals surface area contributed by atoms with Crippen LogP contribution >= 0.6 is 23.1 Å². The van der Waals surface area contributed by atoms with Crippen LogP contribution in [0.4, 0.5) is 5.13 Å². The zero-order chi connectivity index (χ0) is 17.8. The van der Waals surface area contributed by atoms with Gasteiger partial charge in [-0.05, 0) is 42.2 Å². The molecule has 0 saturated carbocycles. The number of nitrogens with zero attached hydrogens (tertiary/aromatic N) is 1. The van der Waals surface area contributed by atoms with Crippen LogP contribution in [0.3, 0.4) is 0 Å². The molecule has 3 rings (SSSR count). The lowest BCUT2D eigenvalue weighted by Crippen LogP contribution is -2.11. The van der Waals surface area contributed by atoms with E-state index in [0.29, 0.717) is 16.3 Å². The van der Waals surface area contributed by atoms with Crippen molar-refractivity contribution in [2.75, 3.05) is 18.2 Å². The Kier molecular flexibility index (Phi) is 5.35. The van der Waals surface area contributed by atoms with E-state index in [1.54, 1.807) is 36.0 Å². The lowest BCUT2D eigenvalue weighted by molar-refractivity contribution is 0.0601. The fourth-order valence-corrected chi connectivity index (χ4v) is 3.90. The molecule has 0 fully saturated rings. The Bertz CT molecular complexity index is 937. The van der Waals surface area contributed by atoms with Gasteiger partial charge in [0, 0.05) is 10.5 Å². The molecular weight excluding hydrogens is 356 g/mol. The molecule has 7 heteroatoms. The number of anilines is 1. The number of thiazole rings is 1. The van der Waals surface area contributed by atoms with Gasteiger partial charge in [0.2, 0.25) is 0 Å². The molecule has 25 heavy (non-hydrogen) atoms. The van der Waals surface area contributed by atoms with Gasteiger partial charge in [0.15, 0.2) is 5.13 Å². The summed E-state index contributed by atoms with van der Waals surface area (Å²) in [5.41, 5.74) is 1.78. The number of fused-ring (bicyclic) bond motifs is 1. The summed E-state index contributed by atoms with van der Waals surface area (Å²) < 4.78 is 5.53. The number of aromatic nitrogens is 1. The summed E-state index contributed by atoms with van der Waals surface area (Å²) in [7, 11) is 1.34. The van der Waals surface area contributed by atoms with Gasteiger partial charge in [0.1, 0.15) is 0 Å².